The van der Waals surface area contributed by atoms with E-state index in [1.54, 1.807) is 0 Å². The van der Waals surface area contributed by atoms with E-state index in [0.29, 0.717) is 5.70 Å². The number of ether oxygens (including phenoxy) is 2. The summed E-state index contributed by atoms with van der Waals surface area (Å²) in [5.41, 5.74) is 4.93. The van der Waals surface area contributed by atoms with E-state index in [1.807, 2.05) is 24.3 Å². The molecule has 0 saturated carbocycles. The van der Waals surface area contributed by atoms with Crippen molar-refractivity contribution >= 4 is 11.7 Å². The van der Waals surface area contributed by atoms with Gasteiger partial charge >= 0.3 is 5.97 Å². The summed E-state index contributed by atoms with van der Waals surface area (Å²) < 4.78 is 10.1. The van der Waals surface area contributed by atoms with Crippen LogP contribution >= 0.6 is 0 Å². The van der Waals surface area contributed by atoms with Gasteiger partial charge in [0.05, 0.1) is 26.4 Å². The van der Waals surface area contributed by atoms with Gasteiger partial charge in [0.2, 0.25) is 0 Å². The average Bonchev–Trinajstić information content (AvgIpc) is 2.78. The van der Waals surface area contributed by atoms with Crippen molar-refractivity contribution in [2.24, 2.45) is 0 Å². The maximum atomic E-state index is 11.8. The zero-order valence-corrected chi connectivity index (χ0v) is 17.6. The van der Waals surface area contributed by atoms with Crippen LogP contribution in [0, 0.1) is 0 Å². The maximum absolute atomic E-state index is 11.8. The standard InChI is InChI=1S/C24H30N2O4/c1-17(25-23(18(2)27)24(28)29-3)20-8-10-22(11-9-20)21-6-4-19(5-7-21)16-26-12-14-30-15-13-26/h4-11,18,23,25,27H,1,12-16H2,2-3H3. The van der Waals surface area contributed by atoms with Gasteiger partial charge in [0, 0.05) is 25.3 Å². The van der Waals surface area contributed by atoms with Crippen LogP contribution in [0.4, 0.5) is 0 Å². The third kappa shape index (κ3) is 5.69. The summed E-state index contributed by atoms with van der Waals surface area (Å²) in [5, 5.41) is 12.8. The molecule has 0 amide bonds. The van der Waals surface area contributed by atoms with Crippen LogP contribution in [0.3, 0.4) is 0 Å². The number of nitrogens with one attached hydrogen (secondary N) is 1. The van der Waals surface area contributed by atoms with Gasteiger partial charge in [-0.1, -0.05) is 55.1 Å². The highest BCUT2D eigenvalue weighted by Gasteiger charge is 2.24. The van der Waals surface area contributed by atoms with Crippen molar-refractivity contribution < 1.29 is 19.4 Å². The van der Waals surface area contributed by atoms with Gasteiger partial charge in [-0.2, -0.15) is 0 Å². The lowest BCUT2D eigenvalue weighted by Crippen LogP contribution is -2.44. The highest BCUT2D eigenvalue weighted by Crippen LogP contribution is 2.23. The van der Waals surface area contributed by atoms with E-state index in [4.69, 9.17) is 9.47 Å². The molecule has 0 bridgehead atoms. The molecule has 0 aliphatic carbocycles. The lowest BCUT2D eigenvalue weighted by Gasteiger charge is -2.26. The van der Waals surface area contributed by atoms with Crippen molar-refractivity contribution in [2.75, 3.05) is 33.4 Å². The smallest absolute Gasteiger partial charge is 0.330 e. The summed E-state index contributed by atoms with van der Waals surface area (Å²) in [7, 11) is 1.29. The van der Waals surface area contributed by atoms with Crippen molar-refractivity contribution in [1.82, 2.24) is 10.2 Å². The zero-order valence-electron chi connectivity index (χ0n) is 17.6. The Morgan fingerprint density at radius 1 is 1.13 bits per heavy atom. The molecule has 2 atom stereocenters. The maximum Gasteiger partial charge on any atom is 0.330 e. The molecule has 1 saturated heterocycles. The number of aliphatic hydroxyl groups is 1. The Hall–Kier alpha value is -2.67. The van der Waals surface area contributed by atoms with Gasteiger partial charge in [-0.15, -0.1) is 0 Å². The Morgan fingerprint density at radius 3 is 2.23 bits per heavy atom. The predicted octanol–water partition coefficient (Wildman–Crippen LogP) is 2.67. The van der Waals surface area contributed by atoms with E-state index in [-0.39, 0.29) is 0 Å². The Bertz CT molecular complexity index is 841. The zero-order chi connectivity index (χ0) is 21.5. The van der Waals surface area contributed by atoms with Crippen molar-refractivity contribution in [1.29, 1.82) is 0 Å². The highest BCUT2D eigenvalue weighted by molar-refractivity contribution is 5.79. The minimum Gasteiger partial charge on any atom is -0.467 e. The first-order valence-corrected chi connectivity index (χ1v) is 10.2. The van der Waals surface area contributed by atoms with E-state index in [2.05, 4.69) is 41.1 Å². The number of morpholine rings is 1. The molecule has 0 spiro atoms. The van der Waals surface area contributed by atoms with Crippen LogP contribution in [0.5, 0.6) is 0 Å². The van der Waals surface area contributed by atoms with Gasteiger partial charge in [-0.25, -0.2) is 4.79 Å². The monoisotopic (exact) mass is 410 g/mol. The molecule has 3 rings (SSSR count). The van der Waals surface area contributed by atoms with Crippen LogP contribution in [0.15, 0.2) is 55.1 Å². The number of benzene rings is 2. The van der Waals surface area contributed by atoms with Crippen LogP contribution in [0.2, 0.25) is 0 Å². The molecule has 1 aliphatic rings. The van der Waals surface area contributed by atoms with Crippen LogP contribution in [0.25, 0.3) is 16.8 Å². The number of rotatable bonds is 8. The lowest BCUT2D eigenvalue weighted by molar-refractivity contribution is -0.145. The molecule has 1 heterocycles. The molecule has 160 valence electrons. The van der Waals surface area contributed by atoms with E-state index < -0.39 is 18.1 Å². The SMILES string of the molecule is C=C(NC(C(=O)OC)C(C)O)c1ccc(-c2ccc(CN3CCOCC3)cc2)cc1. The summed E-state index contributed by atoms with van der Waals surface area (Å²) in [6, 6.07) is 15.7. The minimum absolute atomic E-state index is 0.528. The van der Waals surface area contributed by atoms with Crippen molar-refractivity contribution in [2.45, 2.75) is 25.6 Å². The van der Waals surface area contributed by atoms with E-state index in [1.165, 1.54) is 19.6 Å². The quantitative estimate of drug-likeness (QED) is 0.652. The first kappa shape index (κ1) is 22.0. The van der Waals surface area contributed by atoms with Gasteiger partial charge in [-0.3, -0.25) is 4.90 Å². The number of hydrogen-bond donors (Lipinski definition) is 2. The van der Waals surface area contributed by atoms with Crippen LogP contribution in [0.1, 0.15) is 18.1 Å². The van der Waals surface area contributed by atoms with Crippen molar-refractivity contribution in [3.63, 3.8) is 0 Å². The molecule has 0 aromatic heterocycles. The van der Waals surface area contributed by atoms with Gasteiger partial charge in [0.1, 0.15) is 0 Å². The Labute approximate surface area is 178 Å². The van der Waals surface area contributed by atoms with Gasteiger partial charge in [-0.05, 0) is 29.2 Å². The van der Waals surface area contributed by atoms with Gasteiger partial charge in [0.15, 0.2) is 6.04 Å². The second-order valence-electron chi connectivity index (χ2n) is 7.53. The number of carbonyl (C=O) groups is 1. The summed E-state index contributed by atoms with van der Waals surface area (Å²) in [6.45, 7) is 10.0. The molecule has 0 radical (unpaired) electrons. The third-order valence-electron chi connectivity index (χ3n) is 5.30. The number of carbonyl (C=O) groups excluding carboxylic acids is 1. The third-order valence-corrected chi connectivity index (χ3v) is 5.30. The average molecular weight is 411 g/mol. The van der Waals surface area contributed by atoms with Crippen LogP contribution < -0.4 is 5.32 Å². The second kappa shape index (κ2) is 10.4. The Balaban J connectivity index is 1.63. The summed E-state index contributed by atoms with van der Waals surface area (Å²) in [5.74, 6) is -0.528. The number of nitrogens with zero attached hydrogens (tertiary/aromatic N) is 1. The van der Waals surface area contributed by atoms with Gasteiger partial charge in [0.25, 0.3) is 0 Å². The molecular weight excluding hydrogens is 380 g/mol. The van der Waals surface area contributed by atoms with E-state index >= 15 is 0 Å². The number of aliphatic hydroxyl groups excluding tert-OH is 1. The molecular formula is C24H30N2O4. The first-order chi connectivity index (χ1) is 14.5. The predicted molar refractivity (Wildman–Crippen MR) is 118 cm³/mol. The largest absolute Gasteiger partial charge is 0.467 e. The Morgan fingerprint density at radius 2 is 1.70 bits per heavy atom. The van der Waals surface area contributed by atoms with Crippen molar-refractivity contribution in [3.05, 3.63) is 66.2 Å². The van der Waals surface area contributed by atoms with E-state index in [0.717, 1.165) is 49.5 Å². The number of hydrogen-bond acceptors (Lipinski definition) is 6. The number of esters is 1. The van der Waals surface area contributed by atoms with Gasteiger partial charge < -0.3 is 19.9 Å². The topological polar surface area (TPSA) is 71.0 Å². The summed E-state index contributed by atoms with van der Waals surface area (Å²) in [6.07, 6.45) is -0.899. The second-order valence-corrected chi connectivity index (χ2v) is 7.53. The van der Waals surface area contributed by atoms with Crippen LogP contribution in [-0.4, -0.2) is 61.5 Å². The van der Waals surface area contributed by atoms with Crippen LogP contribution in [-0.2, 0) is 20.8 Å². The molecule has 2 aromatic rings. The molecule has 6 nitrogen and oxygen atoms in total. The lowest BCUT2D eigenvalue weighted by atomic mass is 10.0. The van der Waals surface area contributed by atoms with E-state index in [9.17, 15) is 9.90 Å². The molecule has 2 unspecified atom stereocenters. The fourth-order valence-electron chi connectivity index (χ4n) is 3.46. The fraction of sp³-hybridized carbons (Fsp3) is 0.375. The fourth-order valence-corrected chi connectivity index (χ4v) is 3.46. The van der Waals surface area contributed by atoms with Crippen molar-refractivity contribution in [3.8, 4) is 11.1 Å². The molecule has 30 heavy (non-hydrogen) atoms. The highest BCUT2D eigenvalue weighted by atomic mass is 16.5. The molecule has 2 N–H and O–H groups in total. The molecule has 1 aliphatic heterocycles. The number of methoxy groups -OCH3 is 1. The molecule has 1 fully saturated rings. The minimum atomic E-state index is -0.899. The summed E-state index contributed by atoms with van der Waals surface area (Å²) >= 11 is 0. The molecule has 6 heteroatoms. The first-order valence-electron chi connectivity index (χ1n) is 10.2. The molecule has 2 aromatic carbocycles. The summed E-state index contributed by atoms with van der Waals surface area (Å²) in [4.78, 5) is 14.2. The Kier molecular flexibility index (Phi) is 7.63. The normalized spacial score (nSPS) is 16.5.